The number of rotatable bonds is 6. The number of nitro groups is 1. The lowest BCUT2D eigenvalue weighted by molar-refractivity contribution is -0.384. The summed E-state index contributed by atoms with van der Waals surface area (Å²) < 4.78 is 5.66. The number of nitrogens with zero attached hydrogens (tertiary/aromatic N) is 2. The second-order valence-corrected chi connectivity index (χ2v) is 5.95. The lowest BCUT2D eigenvalue weighted by Crippen LogP contribution is -2.31. The molecule has 1 aromatic heterocycles. The molecule has 8 heteroatoms. The highest BCUT2D eigenvalue weighted by atomic mass is 32.1. The summed E-state index contributed by atoms with van der Waals surface area (Å²) in [5, 5.41) is 18.2. The number of non-ortho nitro benzene ring substituents is 1. The van der Waals surface area contributed by atoms with Gasteiger partial charge < -0.3 is 9.73 Å². The molecule has 0 saturated carbocycles. The van der Waals surface area contributed by atoms with Crippen molar-refractivity contribution in [1.29, 1.82) is 0 Å². The third-order valence-electron chi connectivity index (χ3n) is 3.64. The monoisotopic (exact) mass is 380 g/mol. The minimum absolute atomic E-state index is 0.0350. The normalized spacial score (nSPS) is 10.7. The molecule has 0 aliphatic rings. The quantitative estimate of drug-likeness (QED) is 0.292. The minimum Gasteiger partial charge on any atom is -0.455 e. The Morgan fingerprint density at radius 1 is 1.11 bits per heavy atom. The van der Waals surface area contributed by atoms with E-state index in [9.17, 15) is 10.1 Å². The first-order chi connectivity index (χ1) is 13.1. The van der Waals surface area contributed by atoms with Gasteiger partial charge in [-0.15, -0.1) is 0 Å². The van der Waals surface area contributed by atoms with Crippen molar-refractivity contribution in [2.75, 3.05) is 0 Å². The maximum Gasteiger partial charge on any atom is 0.269 e. The first-order valence-electron chi connectivity index (χ1n) is 8.07. The molecular formula is C19H16N4O3S. The summed E-state index contributed by atoms with van der Waals surface area (Å²) in [6.07, 6.45) is 1.51. The molecule has 0 radical (unpaired) electrons. The molecule has 3 rings (SSSR count). The molecule has 0 fully saturated rings. The minimum atomic E-state index is -0.440. The van der Waals surface area contributed by atoms with Crippen molar-refractivity contribution >= 4 is 29.2 Å². The van der Waals surface area contributed by atoms with Crippen molar-refractivity contribution in [2.45, 2.75) is 6.54 Å². The van der Waals surface area contributed by atoms with Gasteiger partial charge in [-0.3, -0.25) is 15.5 Å². The van der Waals surface area contributed by atoms with Gasteiger partial charge in [-0.1, -0.05) is 30.3 Å². The number of benzene rings is 2. The van der Waals surface area contributed by atoms with Crippen LogP contribution >= 0.6 is 12.2 Å². The zero-order valence-electron chi connectivity index (χ0n) is 14.2. The average molecular weight is 380 g/mol. The number of hydrogen-bond acceptors (Lipinski definition) is 5. The van der Waals surface area contributed by atoms with E-state index in [1.54, 1.807) is 24.3 Å². The maximum atomic E-state index is 10.7. The molecule has 27 heavy (non-hydrogen) atoms. The van der Waals surface area contributed by atoms with Gasteiger partial charge >= 0.3 is 0 Å². The summed E-state index contributed by atoms with van der Waals surface area (Å²) in [5.74, 6) is 1.12. The summed E-state index contributed by atoms with van der Waals surface area (Å²) in [4.78, 5) is 10.3. The predicted molar refractivity (Wildman–Crippen MR) is 107 cm³/mol. The zero-order valence-corrected chi connectivity index (χ0v) is 15.0. The topological polar surface area (TPSA) is 92.7 Å². The molecule has 0 unspecified atom stereocenters. The third kappa shape index (κ3) is 5.23. The number of hydrazone groups is 1. The number of thiocarbonyl (C=S) groups is 1. The Labute approximate surface area is 160 Å². The van der Waals surface area contributed by atoms with Crippen LogP contribution in [0.1, 0.15) is 11.3 Å². The number of nitro benzene ring substituents is 1. The van der Waals surface area contributed by atoms with Gasteiger partial charge in [-0.25, -0.2) is 0 Å². The molecule has 0 atom stereocenters. The lowest BCUT2D eigenvalue weighted by atomic mass is 10.1. The number of furan rings is 1. The second-order valence-electron chi connectivity index (χ2n) is 5.54. The molecule has 136 valence electrons. The Bertz CT molecular complexity index is 953. The van der Waals surface area contributed by atoms with Crippen LogP contribution in [-0.2, 0) is 6.54 Å². The van der Waals surface area contributed by atoms with Crippen molar-refractivity contribution in [3.63, 3.8) is 0 Å². The van der Waals surface area contributed by atoms with E-state index < -0.39 is 4.92 Å². The van der Waals surface area contributed by atoms with E-state index in [-0.39, 0.29) is 5.69 Å². The van der Waals surface area contributed by atoms with Gasteiger partial charge in [0.25, 0.3) is 5.69 Å². The van der Waals surface area contributed by atoms with E-state index in [0.29, 0.717) is 23.2 Å². The van der Waals surface area contributed by atoms with Crippen LogP contribution in [0, 0.1) is 10.1 Å². The van der Waals surface area contributed by atoms with E-state index in [4.69, 9.17) is 16.6 Å². The Morgan fingerprint density at radius 3 is 2.56 bits per heavy atom. The van der Waals surface area contributed by atoms with Gasteiger partial charge in [0.15, 0.2) is 5.11 Å². The van der Waals surface area contributed by atoms with E-state index >= 15 is 0 Å². The van der Waals surface area contributed by atoms with Crippen molar-refractivity contribution in [3.8, 4) is 11.3 Å². The van der Waals surface area contributed by atoms with Crippen LogP contribution in [0.5, 0.6) is 0 Å². The van der Waals surface area contributed by atoms with Gasteiger partial charge in [0.2, 0.25) is 0 Å². The summed E-state index contributed by atoms with van der Waals surface area (Å²) in [6.45, 7) is 0.604. The van der Waals surface area contributed by atoms with Crippen LogP contribution in [0.25, 0.3) is 11.3 Å². The summed E-state index contributed by atoms with van der Waals surface area (Å²) >= 11 is 5.16. The highest BCUT2D eigenvalue weighted by molar-refractivity contribution is 7.80. The fourth-order valence-electron chi connectivity index (χ4n) is 2.30. The molecule has 0 saturated heterocycles. The largest absolute Gasteiger partial charge is 0.455 e. The lowest BCUT2D eigenvalue weighted by Gasteiger charge is -2.06. The van der Waals surface area contributed by atoms with Crippen LogP contribution in [0.2, 0.25) is 0 Å². The van der Waals surface area contributed by atoms with Gasteiger partial charge in [0.1, 0.15) is 11.5 Å². The number of hydrogen-bond donors (Lipinski definition) is 2. The molecule has 2 aromatic carbocycles. The fraction of sp³-hybridized carbons (Fsp3) is 0.0526. The van der Waals surface area contributed by atoms with Crippen LogP contribution in [-0.4, -0.2) is 16.3 Å². The van der Waals surface area contributed by atoms with Crippen molar-refractivity contribution in [1.82, 2.24) is 10.7 Å². The highest BCUT2D eigenvalue weighted by Gasteiger charge is 2.07. The molecule has 3 aromatic rings. The first kappa shape index (κ1) is 18.3. The molecule has 0 amide bonds. The fourth-order valence-corrected chi connectivity index (χ4v) is 2.42. The molecule has 0 bridgehead atoms. The molecule has 2 N–H and O–H groups in total. The van der Waals surface area contributed by atoms with Gasteiger partial charge in [-0.05, 0) is 42.0 Å². The van der Waals surface area contributed by atoms with Crippen LogP contribution in [0.4, 0.5) is 5.69 Å². The van der Waals surface area contributed by atoms with E-state index in [1.165, 1.54) is 18.3 Å². The standard InChI is InChI=1S/C19H16N4O3S/c24-23(25)16-8-6-15(7-9-16)18-11-10-17(26-18)13-21-22-19(27)20-12-14-4-2-1-3-5-14/h1-11,13H,12H2,(H2,20,22,27)/b21-13+. The van der Waals surface area contributed by atoms with Crippen molar-refractivity contribution in [3.05, 3.63) is 88.2 Å². The molecule has 1 heterocycles. The van der Waals surface area contributed by atoms with Crippen molar-refractivity contribution in [2.24, 2.45) is 5.10 Å². The predicted octanol–water partition coefficient (Wildman–Crippen LogP) is 3.85. The van der Waals surface area contributed by atoms with Gasteiger partial charge in [-0.2, -0.15) is 5.10 Å². The Kier molecular flexibility index (Phi) is 5.91. The average Bonchev–Trinajstić information content (AvgIpc) is 3.16. The molecule has 7 nitrogen and oxygen atoms in total. The Morgan fingerprint density at radius 2 is 1.85 bits per heavy atom. The second kappa shape index (κ2) is 8.72. The van der Waals surface area contributed by atoms with E-state index in [1.807, 2.05) is 30.3 Å². The third-order valence-corrected chi connectivity index (χ3v) is 3.88. The summed E-state index contributed by atoms with van der Waals surface area (Å²) in [5.41, 5.74) is 4.62. The molecular weight excluding hydrogens is 364 g/mol. The van der Waals surface area contributed by atoms with Crippen LogP contribution in [0.3, 0.4) is 0 Å². The Hall–Kier alpha value is -3.52. The molecule has 0 aliphatic heterocycles. The van der Waals surface area contributed by atoms with Gasteiger partial charge in [0.05, 0.1) is 11.1 Å². The zero-order chi connectivity index (χ0) is 19.1. The molecule has 0 spiro atoms. The number of nitrogens with one attached hydrogen (secondary N) is 2. The summed E-state index contributed by atoms with van der Waals surface area (Å²) in [7, 11) is 0. The molecule has 0 aliphatic carbocycles. The smallest absolute Gasteiger partial charge is 0.269 e. The van der Waals surface area contributed by atoms with Gasteiger partial charge in [0, 0.05) is 24.2 Å². The van der Waals surface area contributed by atoms with Crippen molar-refractivity contribution < 1.29 is 9.34 Å². The van der Waals surface area contributed by atoms with E-state index in [0.717, 1.165) is 11.1 Å². The first-order valence-corrected chi connectivity index (χ1v) is 8.48. The maximum absolute atomic E-state index is 10.7. The highest BCUT2D eigenvalue weighted by Crippen LogP contribution is 2.23. The van der Waals surface area contributed by atoms with E-state index in [2.05, 4.69) is 15.8 Å². The summed E-state index contributed by atoms with van der Waals surface area (Å²) in [6, 6.07) is 19.6. The Balaban J connectivity index is 1.52. The van der Waals surface area contributed by atoms with Crippen LogP contribution < -0.4 is 10.7 Å². The van der Waals surface area contributed by atoms with Crippen LogP contribution in [0.15, 0.2) is 76.2 Å². The SMILES string of the molecule is O=[N+]([O-])c1ccc(-c2ccc(/C=N/NC(=S)NCc3ccccc3)o2)cc1.